The standard InChI is InChI=1S/C14H15N3O3/c1-20-14(19)10-4-5-17(8-10)13(18)9-2-3-12-11(6-9)7-15-16-12/h2-3,6-7,10H,4-5,8H2,1H3,(H,15,16). The predicted molar refractivity (Wildman–Crippen MR) is 72.1 cm³/mol. The number of nitrogens with zero attached hydrogens (tertiary/aromatic N) is 2. The topological polar surface area (TPSA) is 75.3 Å². The van der Waals surface area contributed by atoms with Crippen LogP contribution in [0, 0.1) is 5.92 Å². The van der Waals surface area contributed by atoms with Gasteiger partial charge in [0.15, 0.2) is 0 Å². The van der Waals surface area contributed by atoms with E-state index in [2.05, 4.69) is 10.2 Å². The molecule has 0 radical (unpaired) electrons. The lowest BCUT2D eigenvalue weighted by molar-refractivity contribution is -0.144. The van der Waals surface area contributed by atoms with Crippen molar-refractivity contribution >= 4 is 22.8 Å². The molecule has 0 bridgehead atoms. The molecule has 1 fully saturated rings. The van der Waals surface area contributed by atoms with E-state index in [-0.39, 0.29) is 17.8 Å². The molecular weight excluding hydrogens is 258 g/mol. The molecule has 1 amide bonds. The molecule has 2 aromatic rings. The third-order valence-corrected chi connectivity index (χ3v) is 3.70. The van der Waals surface area contributed by atoms with E-state index in [0.29, 0.717) is 25.1 Å². The van der Waals surface area contributed by atoms with Crippen LogP contribution in [0.5, 0.6) is 0 Å². The first-order valence-corrected chi connectivity index (χ1v) is 6.49. The maximum Gasteiger partial charge on any atom is 0.310 e. The summed E-state index contributed by atoms with van der Waals surface area (Å²) in [6, 6.07) is 5.42. The third kappa shape index (κ3) is 2.13. The molecule has 0 spiro atoms. The number of benzene rings is 1. The summed E-state index contributed by atoms with van der Waals surface area (Å²) in [6.45, 7) is 1.01. The summed E-state index contributed by atoms with van der Waals surface area (Å²) < 4.78 is 4.73. The van der Waals surface area contributed by atoms with Gasteiger partial charge in [-0.15, -0.1) is 0 Å². The minimum atomic E-state index is -0.245. The molecule has 1 aromatic heterocycles. The Bertz CT molecular complexity index is 664. The number of likely N-dealkylation sites (tertiary alicyclic amines) is 1. The van der Waals surface area contributed by atoms with Crippen molar-refractivity contribution in [1.29, 1.82) is 0 Å². The Labute approximate surface area is 115 Å². The Morgan fingerprint density at radius 1 is 1.45 bits per heavy atom. The highest BCUT2D eigenvalue weighted by Gasteiger charge is 2.32. The lowest BCUT2D eigenvalue weighted by Crippen LogP contribution is -2.30. The molecule has 1 aromatic carbocycles. The zero-order valence-corrected chi connectivity index (χ0v) is 11.1. The first-order valence-electron chi connectivity index (χ1n) is 6.49. The summed E-state index contributed by atoms with van der Waals surface area (Å²) in [5, 5.41) is 7.69. The van der Waals surface area contributed by atoms with Crippen molar-refractivity contribution in [3.63, 3.8) is 0 Å². The summed E-state index contributed by atoms with van der Waals surface area (Å²) in [6.07, 6.45) is 2.35. The number of fused-ring (bicyclic) bond motifs is 1. The van der Waals surface area contributed by atoms with Gasteiger partial charge in [-0.25, -0.2) is 0 Å². The second-order valence-electron chi connectivity index (χ2n) is 4.93. The van der Waals surface area contributed by atoms with Gasteiger partial charge >= 0.3 is 5.97 Å². The molecule has 1 aliphatic rings. The van der Waals surface area contributed by atoms with Crippen LogP contribution in [0.25, 0.3) is 10.9 Å². The highest BCUT2D eigenvalue weighted by atomic mass is 16.5. The number of aromatic amines is 1. The number of methoxy groups -OCH3 is 1. The van der Waals surface area contributed by atoms with Gasteiger partial charge in [-0.05, 0) is 24.6 Å². The van der Waals surface area contributed by atoms with Crippen molar-refractivity contribution in [3.8, 4) is 0 Å². The predicted octanol–water partition coefficient (Wildman–Crippen LogP) is 1.20. The first kappa shape index (κ1) is 12.7. The number of H-pyrrole nitrogens is 1. The number of aromatic nitrogens is 2. The highest BCUT2D eigenvalue weighted by Crippen LogP contribution is 2.21. The van der Waals surface area contributed by atoms with Gasteiger partial charge in [0.25, 0.3) is 5.91 Å². The smallest absolute Gasteiger partial charge is 0.310 e. The molecule has 1 N–H and O–H groups in total. The lowest BCUT2D eigenvalue weighted by Gasteiger charge is -2.16. The second-order valence-corrected chi connectivity index (χ2v) is 4.93. The number of nitrogens with one attached hydrogen (secondary N) is 1. The molecule has 1 saturated heterocycles. The molecule has 6 heteroatoms. The molecule has 104 valence electrons. The summed E-state index contributed by atoms with van der Waals surface area (Å²) in [7, 11) is 1.37. The van der Waals surface area contributed by atoms with Gasteiger partial charge in [-0.2, -0.15) is 5.10 Å². The second kappa shape index (κ2) is 4.96. The Balaban J connectivity index is 1.77. The fourth-order valence-electron chi connectivity index (χ4n) is 2.56. The van der Waals surface area contributed by atoms with Gasteiger partial charge in [0.1, 0.15) is 0 Å². The zero-order chi connectivity index (χ0) is 14.1. The van der Waals surface area contributed by atoms with E-state index in [1.807, 2.05) is 12.1 Å². The van der Waals surface area contributed by atoms with E-state index in [1.165, 1.54) is 7.11 Å². The Kier molecular flexibility index (Phi) is 3.14. The molecule has 20 heavy (non-hydrogen) atoms. The van der Waals surface area contributed by atoms with Crippen LogP contribution in [0.3, 0.4) is 0 Å². The van der Waals surface area contributed by atoms with Crippen LogP contribution in [-0.2, 0) is 9.53 Å². The van der Waals surface area contributed by atoms with Gasteiger partial charge < -0.3 is 9.64 Å². The number of esters is 1. The largest absolute Gasteiger partial charge is 0.469 e. The number of rotatable bonds is 2. The van der Waals surface area contributed by atoms with Crippen molar-refractivity contribution in [1.82, 2.24) is 15.1 Å². The number of carbonyl (C=O) groups excluding carboxylic acids is 2. The average molecular weight is 273 g/mol. The molecule has 2 heterocycles. The van der Waals surface area contributed by atoms with Crippen LogP contribution < -0.4 is 0 Å². The number of amides is 1. The summed E-state index contributed by atoms with van der Waals surface area (Å²) >= 11 is 0. The van der Waals surface area contributed by atoms with E-state index in [0.717, 1.165) is 10.9 Å². The Morgan fingerprint density at radius 3 is 3.10 bits per heavy atom. The van der Waals surface area contributed by atoms with Crippen molar-refractivity contribution in [2.24, 2.45) is 5.92 Å². The summed E-state index contributed by atoms with van der Waals surface area (Å²) in [4.78, 5) is 25.6. The normalized spacial score (nSPS) is 18.4. The van der Waals surface area contributed by atoms with Crippen LogP contribution in [0.15, 0.2) is 24.4 Å². The molecule has 3 rings (SSSR count). The van der Waals surface area contributed by atoms with Crippen LogP contribution >= 0.6 is 0 Å². The number of hydrogen-bond donors (Lipinski definition) is 1. The minimum absolute atomic E-state index is 0.0560. The zero-order valence-electron chi connectivity index (χ0n) is 11.1. The van der Waals surface area contributed by atoms with Crippen molar-refractivity contribution in [2.45, 2.75) is 6.42 Å². The SMILES string of the molecule is COC(=O)C1CCN(C(=O)c2ccc3[nH]ncc3c2)C1. The van der Waals surface area contributed by atoms with E-state index in [1.54, 1.807) is 17.2 Å². The monoisotopic (exact) mass is 273 g/mol. The van der Waals surface area contributed by atoms with Crippen LogP contribution in [-0.4, -0.2) is 47.2 Å². The molecule has 0 saturated carbocycles. The van der Waals surface area contributed by atoms with Crippen molar-refractivity contribution < 1.29 is 14.3 Å². The Hall–Kier alpha value is -2.37. The first-order chi connectivity index (χ1) is 9.69. The van der Waals surface area contributed by atoms with E-state index in [4.69, 9.17) is 4.74 Å². The summed E-state index contributed by atoms with van der Waals surface area (Å²) in [5.41, 5.74) is 1.51. The molecule has 1 atom stereocenters. The number of ether oxygens (including phenoxy) is 1. The maximum absolute atomic E-state index is 12.4. The Morgan fingerprint density at radius 2 is 2.30 bits per heavy atom. The van der Waals surface area contributed by atoms with E-state index < -0.39 is 0 Å². The van der Waals surface area contributed by atoms with Crippen molar-refractivity contribution in [2.75, 3.05) is 20.2 Å². The quantitative estimate of drug-likeness (QED) is 0.834. The van der Waals surface area contributed by atoms with E-state index in [9.17, 15) is 9.59 Å². The van der Waals surface area contributed by atoms with Gasteiger partial charge in [0.05, 0.1) is 24.7 Å². The highest BCUT2D eigenvalue weighted by molar-refractivity contribution is 5.98. The lowest BCUT2D eigenvalue weighted by atomic mass is 10.1. The summed E-state index contributed by atoms with van der Waals surface area (Å²) in [5.74, 6) is -0.508. The van der Waals surface area contributed by atoms with Gasteiger partial charge in [0.2, 0.25) is 0 Å². The molecule has 6 nitrogen and oxygen atoms in total. The minimum Gasteiger partial charge on any atom is -0.469 e. The van der Waals surface area contributed by atoms with Crippen LogP contribution in [0.4, 0.5) is 0 Å². The fraction of sp³-hybridized carbons (Fsp3) is 0.357. The number of hydrogen-bond acceptors (Lipinski definition) is 4. The fourth-order valence-corrected chi connectivity index (χ4v) is 2.56. The number of carbonyl (C=O) groups is 2. The van der Waals surface area contributed by atoms with Gasteiger partial charge in [-0.3, -0.25) is 14.7 Å². The molecular formula is C14H15N3O3. The van der Waals surface area contributed by atoms with E-state index >= 15 is 0 Å². The van der Waals surface area contributed by atoms with Crippen molar-refractivity contribution in [3.05, 3.63) is 30.0 Å². The van der Waals surface area contributed by atoms with Gasteiger partial charge in [-0.1, -0.05) is 0 Å². The third-order valence-electron chi connectivity index (χ3n) is 3.70. The molecule has 1 unspecified atom stereocenters. The molecule has 1 aliphatic heterocycles. The maximum atomic E-state index is 12.4. The van der Waals surface area contributed by atoms with Crippen LogP contribution in [0.2, 0.25) is 0 Å². The van der Waals surface area contributed by atoms with Crippen LogP contribution in [0.1, 0.15) is 16.8 Å². The average Bonchev–Trinajstić information content (AvgIpc) is 3.13. The molecule has 0 aliphatic carbocycles. The van der Waals surface area contributed by atoms with Gasteiger partial charge in [0, 0.05) is 24.0 Å².